The molecule has 3 N–H and O–H groups in total. The largest absolute Gasteiger partial charge is 0.396 e. The third kappa shape index (κ3) is 5.90. The molecule has 1 atom stereocenters. The van der Waals surface area contributed by atoms with E-state index >= 15 is 0 Å². The van der Waals surface area contributed by atoms with E-state index in [1.807, 2.05) is 37.3 Å². The minimum atomic E-state index is 0. The molecule has 0 bridgehead atoms. The van der Waals surface area contributed by atoms with Crippen molar-refractivity contribution in [1.29, 1.82) is 0 Å². The second-order valence-corrected chi connectivity index (χ2v) is 6.51. The molecule has 0 saturated carbocycles. The van der Waals surface area contributed by atoms with Gasteiger partial charge in [0.2, 0.25) is 0 Å². The zero-order chi connectivity index (χ0) is 18.2. The van der Waals surface area contributed by atoms with Crippen molar-refractivity contribution in [1.82, 2.24) is 25.4 Å². The molecule has 1 unspecified atom stereocenters. The predicted octanol–water partition coefficient (Wildman–Crippen LogP) is 2.06. The van der Waals surface area contributed by atoms with Gasteiger partial charge in [-0.2, -0.15) is 0 Å². The van der Waals surface area contributed by atoms with E-state index in [1.54, 1.807) is 0 Å². The summed E-state index contributed by atoms with van der Waals surface area (Å²) in [7, 11) is 0. The number of hydrogen-bond donors (Lipinski definition) is 3. The molecule has 1 aliphatic heterocycles. The van der Waals surface area contributed by atoms with Gasteiger partial charge in [0.25, 0.3) is 0 Å². The highest BCUT2D eigenvalue weighted by molar-refractivity contribution is 14.0. The van der Waals surface area contributed by atoms with Gasteiger partial charge in [-0.1, -0.05) is 30.3 Å². The summed E-state index contributed by atoms with van der Waals surface area (Å²) in [5.74, 6) is 2.75. The van der Waals surface area contributed by atoms with Gasteiger partial charge >= 0.3 is 0 Å². The molecule has 2 heterocycles. The minimum absolute atomic E-state index is 0. The number of hydrogen-bond acceptors (Lipinski definition) is 4. The fraction of sp³-hybridized carbons (Fsp3) is 0.526. The summed E-state index contributed by atoms with van der Waals surface area (Å²) in [5, 5.41) is 24.9. The molecule has 3 rings (SSSR count). The van der Waals surface area contributed by atoms with Crippen LogP contribution in [0, 0.1) is 0 Å². The Labute approximate surface area is 177 Å². The lowest BCUT2D eigenvalue weighted by Crippen LogP contribution is -2.40. The van der Waals surface area contributed by atoms with Crippen LogP contribution in [0.15, 0.2) is 35.3 Å². The van der Waals surface area contributed by atoms with Crippen molar-refractivity contribution >= 4 is 29.9 Å². The fourth-order valence-corrected chi connectivity index (χ4v) is 3.21. The number of aryl methyl sites for hydroxylation is 1. The summed E-state index contributed by atoms with van der Waals surface area (Å²) in [6, 6.07) is 10.0. The van der Waals surface area contributed by atoms with Crippen LogP contribution in [-0.2, 0) is 19.5 Å². The summed E-state index contributed by atoms with van der Waals surface area (Å²) >= 11 is 0. The van der Waals surface area contributed by atoms with E-state index in [2.05, 4.69) is 30.4 Å². The van der Waals surface area contributed by atoms with Crippen molar-refractivity contribution in [3.63, 3.8) is 0 Å². The van der Waals surface area contributed by atoms with Gasteiger partial charge in [0.15, 0.2) is 11.8 Å². The van der Waals surface area contributed by atoms with Gasteiger partial charge in [0, 0.05) is 32.0 Å². The normalized spacial score (nSPS) is 14.8. The van der Waals surface area contributed by atoms with Crippen molar-refractivity contribution in [3.8, 4) is 0 Å². The number of halogens is 1. The number of nitrogens with one attached hydrogen (secondary N) is 2. The monoisotopic (exact) mass is 484 g/mol. The lowest BCUT2D eigenvalue weighted by atomic mass is 10.0. The Bertz CT molecular complexity index is 718. The molecular formula is C19H29IN6O. The Hall–Kier alpha value is -1.68. The molecule has 0 fully saturated rings. The molecule has 27 heavy (non-hydrogen) atoms. The van der Waals surface area contributed by atoms with Crippen molar-refractivity contribution < 1.29 is 5.11 Å². The number of aromatic nitrogens is 3. The molecule has 2 aromatic rings. The van der Waals surface area contributed by atoms with Crippen LogP contribution < -0.4 is 10.6 Å². The van der Waals surface area contributed by atoms with Gasteiger partial charge in [-0.15, -0.1) is 34.2 Å². The maximum atomic E-state index is 9.71. The topological polar surface area (TPSA) is 87.4 Å². The highest BCUT2D eigenvalue weighted by Gasteiger charge is 2.15. The first-order valence-electron chi connectivity index (χ1n) is 9.40. The van der Waals surface area contributed by atoms with Crippen molar-refractivity contribution in [2.75, 3.05) is 19.7 Å². The molecule has 1 aromatic heterocycles. The smallest absolute Gasteiger partial charge is 0.191 e. The Morgan fingerprint density at radius 1 is 1.22 bits per heavy atom. The van der Waals surface area contributed by atoms with E-state index in [0.717, 1.165) is 42.7 Å². The zero-order valence-electron chi connectivity index (χ0n) is 15.8. The van der Waals surface area contributed by atoms with Crippen LogP contribution in [0.2, 0.25) is 0 Å². The van der Waals surface area contributed by atoms with Gasteiger partial charge in [-0.3, -0.25) is 0 Å². The van der Waals surface area contributed by atoms with Crippen molar-refractivity contribution in [2.24, 2.45) is 4.99 Å². The third-order valence-electron chi connectivity index (χ3n) is 4.67. The lowest BCUT2D eigenvalue weighted by Gasteiger charge is -2.18. The van der Waals surface area contributed by atoms with Crippen LogP contribution in [0.3, 0.4) is 0 Å². The summed E-state index contributed by atoms with van der Waals surface area (Å²) in [4.78, 5) is 4.65. The van der Waals surface area contributed by atoms with Crippen LogP contribution >= 0.6 is 24.0 Å². The predicted molar refractivity (Wildman–Crippen MR) is 117 cm³/mol. The lowest BCUT2D eigenvalue weighted by molar-refractivity contribution is 0.265. The first-order valence-corrected chi connectivity index (χ1v) is 9.40. The molecule has 7 nitrogen and oxygen atoms in total. The molecule has 8 heteroatoms. The summed E-state index contributed by atoms with van der Waals surface area (Å²) in [6.45, 7) is 5.00. The molecule has 0 amide bonds. The number of aliphatic hydroxyl groups excluding tert-OH is 1. The van der Waals surface area contributed by atoms with Crippen LogP contribution in [0.25, 0.3) is 0 Å². The van der Waals surface area contributed by atoms with E-state index < -0.39 is 0 Å². The Morgan fingerprint density at radius 2 is 2.04 bits per heavy atom. The summed E-state index contributed by atoms with van der Waals surface area (Å²) in [5.41, 5.74) is 1.12. The van der Waals surface area contributed by atoms with E-state index in [0.29, 0.717) is 13.1 Å². The number of guanidine groups is 1. The van der Waals surface area contributed by atoms with Crippen molar-refractivity contribution in [3.05, 3.63) is 47.5 Å². The average molecular weight is 484 g/mol. The molecule has 1 aliphatic rings. The van der Waals surface area contributed by atoms with E-state index in [-0.39, 0.29) is 36.5 Å². The maximum absolute atomic E-state index is 9.71. The van der Waals surface area contributed by atoms with Crippen LogP contribution in [0.4, 0.5) is 0 Å². The minimum Gasteiger partial charge on any atom is -0.396 e. The van der Waals surface area contributed by atoms with Crippen LogP contribution in [0.5, 0.6) is 0 Å². The number of rotatable bonds is 7. The molecule has 1 aromatic carbocycles. The van der Waals surface area contributed by atoms with Crippen LogP contribution in [0.1, 0.15) is 42.9 Å². The quantitative estimate of drug-likeness (QED) is 0.318. The molecule has 0 saturated heterocycles. The fourth-order valence-electron chi connectivity index (χ4n) is 3.21. The highest BCUT2D eigenvalue weighted by atomic mass is 127. The Kier molecular flexibility index (Phi) is 8.99. The molecule has 0 spiro atoms. The number of aliphatic imine (C=N–C) groups is 1. The van der Waals surface area contributed by atoms with Crippen molar-refractivity contribution in [2.45, 2.75) is 45.2 Å². The van der Waals surface area contributed by atoms with Gasteiger partial charge in [-0.05, 0) is 25.3 Å². The SMILES string of the molecule is CCNC(=NCc1nnc2n1CCCC2)NCC(CO)c1ccccc1.I. The number of benzene rings is 1. The maximum Gasteiger partial charge on any atom is 0.191 e. The second kappa shape index (κ2) is 11.2. The average Bonchev–Trinajstić information content (AvgIpc) is 3.10. The number of nitrogens with zero attached hydrogens (tertiary/aromatic N) is 4. The molecule has 148 valence electrons. The molecule has 0 radical (unpaired) electrons. The first kappa shape index (κ1) is 21.6. The van der Waals surface area contributed by atoms with Gasteiger partial charge in [0.05, 0.1) is 6.61 Å². The standard InChI is InChI=1S/C19H28N6O.HI/c1-2-20-19(21-12-16(14-26)15-8-4-3-5-9-15)22-13-18-24-23-17-10-6-7-11-25(17)18;/h3-5,8-9,16,26H,2,6-7,10-14H2,1H3,(H2,20,21,22);1H. The summed E-state index contributed by atoms with van der Waals surface area (Å²) < 4.78 is 2.19. The van der Waals surface area contributed by atoms with Gasteiger partial charge in [0.1, 0.15) is 12.4 Å². The summed E-state index contributed by atoms with van der Waals surface area (Å²) in [6.07, 6.45) is 3.37. The Morgan fingerprint density at radius 3 is 2.78 bits per heavy atom. The number of fused-ring (bicyclic) bond motifs is 1. The first-order chi connectivity index (χ1) is 12.8. The molecule has 0 aliphatic carbocycles. The zero-order valence-corrected chi connectivity index (χ0v) is 18.1. The highest BCUT2D eigenvalue weighted by Crippen LogP contribution is 2.15. The van der Waals surface area contributed by atoms with Crippen LogP contribution in [-0.4, -0.2) is 45.5 Å². The second-order valence-electron chi connectivity index (χ2n) is 6.51. The molecular weight excluding hydrogens is 455 g/mol. The van der Waals surface area contributed by atoms with Gasteiger partial charge < -0.3 is 20.3 Å². The number of aliphatic hydroxyl groups is 1. The van der Waals surface area contributed by atoms with Gasteiger partial charge in [-0.25, -0.2) is 4.99 Å². The Balaban J connectivity index is 0.00000261. The van der Waals surface area contributed by atoms with E-state index in [4.69, 9.17) is 0 Å². The third-order valence-corrected chi connectivity index (χ3v) is 4.67. The van der Waals surface area contributed by atoms with E-state index in [1.165, 1.54) is 12.8 Å². The van der Waals surface area contributed by atoms with E-state index in [9.17, 15) is 5.11 Å².